The first-order valence-corrected chi connectivity index (χ1v) is 9.00. The zero-order chi connectivity index (χ0) is 17.8. The molecule has 0 aliphatic carbocycles. The van der Waals surface area contributed by atoms with Gasteiger partial charge in [0.05, 0.1) is 15.7 Å². The monoisotopic (exact) mass is 361 g/mol. The minimum atomic E-state index is -3.99. The van der Waals surface area contributed by atoms with Gasteiger partial charge in [-0.05, 0) is 39.8 Å². The largest absolute Gasteiger partial charge is 0.353 e. The summed E-state index contributed by atoms with van der Waals surface area (Å²) < 4.78 is 28.6. The summed E-state index contributed by atoms with van der Waals surface area (Å²) in [6.07, 6.45) is 0. The highest BCUT2D eigenvalue weighted by atomic mass is 35.5. The average Bonchev–Trinajstić information content (AvgIpc) is 2.45. The standard InChI is InChI=1S/C14H20ClN3O4S/c1-10(2)17(11(3)4)14(9-15)16-23(21,22)13-7-5-12(6-8-13)18(19)20/h5-8,10-11H,9H2,1-4H3/b16-14+. The maximum absolute atomic E-state index is 12.4. The van der Waals surface area contributed by atoms with E-state index in [0.717, 1.165) is 24.3 Å². The average molecular weight is 362 g/mol. The number of hydrogen-bond donors (Lipinski definition) is 0. The molecule has 1 rings (SSSR count). The van der Waals surface area contributed by atoms with Gasteiger partial charge in [0.25, 0.3) is 15.7 Å². The van der Waals surface area contributed by atoms with Crippen LogP contribution in [-0.2, 0) is 10.0 Å². The minimum absolute atomic E-state index is 0.0274. The molecule has 128 valence electrons. The summed E-state index contributed by atoms with van der Waals surface area (Å²) >= 11 is 5.88. The van der Waals surface area contributed by atoms with Crippen molar-refractivity contribution in [2.75, 3.05) is 5.88 Å². The molecule has 0 heterocycles. The van der Waals surface area contributed by atoms with Crippen molar-refractivity contribution in [1.29, 1.82) is 0 Å². The zero-order valence-electron chi connectivity index (χ0n) is 13.4. The SMILES string of the molecule is CC(C)N(/C(CCl)=N/S(=O)(=O)c1ccc([N+](=O)[O-])cc1)C(C)C. The van der Waals surface area contributed by atoms with E-state index in [2.05, 4.69) is 4.40 Å². The number of nitro groups is 1. The number of non-ortho nitro benzene ring substituents is 1. The Morgan fingerprint density at radius 1 is 1.22 bits per heavy atom. The molecule has 0 aromatic heterocycles. The van der Waals surface area contributed by atoms with Crippen molar-refractivity contribution in [3.05, 3.63) is 34.4 Å². The number of rotatable bonds is 6. The van der Waals surface area contributed by atoms with Crippen LogP contribution in [0.3, 0.4) is 0 Å². The van der Waals surface area contributed by atoms with E-state index in [-0.39, 0.29) is 34.4 Å². The molecule has 0 N–H and O–H groups in total. The quantitative estimate of drug-likeness (QED) is 0.255. The van der Waals surface area contributed by atoms with Crippen molar-refractivity contribution >= 4 is 33.1 Å². The van der Waals surface area contributed by atoms with Gasteiger partial charge in [-0.15, -0.1) is 16.0 Å². The van der Waals surface area contributed by atoms with Crippen LogP contribution >= 0.6 is 11.6 Å². The second-order valence-corrected chi connectivity index (χ2v) is 7.33. The summed E-state index contributed by atoms with van der Waals surface area (Å²) in [6, 6.07) is 4.64. The summed E-state index contributed by atoms with van der Waals surface area (Å²) in [7, 11) is -3.99. The molecule has 0 aliphatic heterocycles. The number of benzene rings is 1. The highest BCUT2D eigenvalue weighted by Gasteiger charge is 2.22. The normalized spacial score (nSPS) is 12.7. The molecule has 0 saturated heterocycles. The Morgan fingerprint density at radius 2 is 1.70 bits per heavy atom. The van der Waals surface area contributed by atoms with Crippen LogP contribution in [0.1, 0.15) is 27.7 Å². The first-order chi connectivity index (χ1) is 10.6. The van der Waals surface area contributed by atoms with Crippen LogP contribution in [0.2, 0.25) is 0 Å². The van der Waals surface area contributed by atoms with Gasteiger partial charge in [0, 0.05) is 24.2 Å². The van der Waals surface area contributed by atoms with Crippen molar-refractivity contribution in [2.45, 2.75) is 44.7 Å². The van der Waals surface area contributed by atoms with Crippen LogP contribution in [0.15, 0.2) is 33.6 Å². The van der Waals surface area contributed by atoms with Crippen molar-refractivity contribution in [1.82, 2.24) is 4.90 Å². The molecular formula is C14H20ClN3O4S. The smallest absolute Gasteiger partial charge is 0.283 e. The van der Waals surface area contributed by atoms with Crippen LogP contribution in [0.4, 0.5) is 5.69 Å². The molecular weight excluding hydrogens is 342 g/mol. The lowest BCUT2D eigenvalue weighted by Crippen LogP contribution is -2.43. The fraction of sp³-hybridized carbons (Fsp3) is 0.500. The van der Waals surface area contributed by atoms with Crippen molar-refractivity contribution in [3.8, 4) is 0 Å². The van der Waals surface area contributed by atoms with E-state index < -0.39 is 14.9 Å². The summed E-state index contributed by atoms with van der Waals surface area (Å²) in [4.78, 5) is 11.7. The molecule has 0 amide bonds. The Kier molecular flexibility index (Phi) is 6.52. The van der Waals surface area contributed by atoms with Gasteiger partial charge in [0.2, 0.25) is 0 Å². The highest BCUT2D eigenvalue weighted by Crippen LogP contribution is 2.19. The lowest BCUT2D eigenvalue weighted by Gasteiger charge is -2.32. The van der Waals surface area contributed by atoms with Crippen LogP contribution < -0.4 is 0 Å². The second kappa shape index (κ2) is 7.74. The number of nitrogens with zero attached hydrogens (tertiary/aromatic N) is 3. The Hall–Kier alpha value is -1.67. The van der Waals surface area contributed by atoms with E-state index in [0.29, 0.717) is 0 Å². The molecule has 0 fully saturated rings. The summed E-state index contributed by atoms with van der Waals surface area (Å²) in [5.41, 5.74) is -0.184. The molecule has 23 heavy (non-hydrogen) atoms. The number of sulfonamides is 1. The van der Waals surface area contributed by atoms with Crippen molar-refractivity contribution < 1.29 is 13.3 Å². The predicted molar refractivity (Wildman–Crippen MR) is 90.5 cm³/mol. The van der Waals surface area contributed by atoms with Crippen molar-refractivity contribution in [3.63, 3.8) is 0 Å². The Morgan fingerprint density at radius 3 is 2.04 bits per heavy atom. The van der Waals surface area contributed by atoms with Gasteiger partial charge in [0.15, 0.2) is 0 Å². The number of halogens is 1. The molecule has 1 aromatic rings. The number of hydrogen-bond acceptors (Lipinski definition) is 4. The lowest BCUT2D eigenvalue weighted by molar-refractivity contribution is -0.384. The van der Waals surface area contributed by atoms with Gasteiger partial charge in [-0.1, -0.05) is 0 Å². The van der Waals surface area contributed by atoms with Crippen LogP contribution in [0.5, 0.6) is 0 Å². The summed E-state index contributed by atoms with van der Waals surface area (Å²) in [6.45, 7) is 7.67. The summed E-state index contributed by atoms with van der Waals surface area (Å²) in [5.74, 6) is 0.192. The fourth-order valence-corrected chi connectivity index (χ4v) is 3.55. The maximum Gasteiger partial charge on any atom is 0.283 e. The van der Waals surface area contributed by atoms with E-state index in [9.17, 15) is 18.5 Å². The third-order valence-electron chi connectivity index (χ3n) is 3.10. The first kappa shape index (κ1) is 19.4. The third kappa shape index (κ3) is 4.90. The molecule has 1 aromatic carbocycles. The van der Waals surface area contributed by atoms with Crippen LogP contribution in [0.25, 0.3) is 0 Å². The van der Waals surface area contributed by atoms with Crippen LogP contribution in [-0.4, -0.2) is 42.0 Å². The number of nitro benzene ring substituents is 1. The van der Waals surface area contributed by atoms with E-state index in [4.69, 9.17) is 11.6 Å². The zero-order valence-corrected chi connectivity index (χ0v) is 15.0. The highest BCUT2D eigenvalue weighted by molar-refractivity contribution is 7.90. The van der Waals surface area contributed by atoms with Gasteiger partial charge in [-0.2, -0.15) is 8.42 Å². The Bertz CT molecular complexity index is 676. The number of amidine groups is 1. The number of alkyl halides is 1. The Balaban J connectivity index is 3.26. The fourth-order valence-electron chi connectivity index (χ4n) is 2.26. The molecule has 0 spiro atoms. The molecule has 0 bridgehead atoms. The summed E-state index contributed by atoms with van der Waals surface area (Å²) in [5, 5.41) is 10.6. The first-order valence-electron chi connectivity index (χ1n) is 7.02. The van der Waals surface area contributed by atoms with E-state index in [1.807, 2.05) is 32.6 Å². The molecule has 0 aliphatic rings. The van der Waals surface area contributed by atoms with Crippen molar-refractivity contribution in [2.24, 2.45) is 4.40 Å². The van der Waals surface area contributed by atoms with E-state index in [1.54, 1.807) is 0 Å². The Labute approximate surface area is 141 Å². The predicted octanol–water partition coefficient (Wildman–Crippen LogP) is 3.04. The van der Waals surface area contributed by atoms with Gasteiger partial charge >= 0.3 is 0 Å². The van der Waals surface area contributed by atoms with Gasteiger partial charge < -0.3 is 4.90 Å². The molecule has 0 atom stereocenters. The third-order valence-corrected chi connectivity index (χ3v) is 4.66. The molecule has 0 unspecified atom stereocenters. The van der Waals surface area contributed by atoms with Crippen LogP contribution in [0, 0.1) is 10.1 Å². The van der Waals surface area contributed by atoms with Gasteiger partial charge in [-0.3, -0.25) is 10.1 Å². The topological polar surface area (TPSA) is 92.9 Å². The van der Waals surface area contributed by atoms with Gasteiger partial charge in [0.1, 0.15) is 5.84 Å². The van der Waals surface area contributed by atoms with Gasteiger partial charge in [-0.25, -0.2) is 0 Å². The maximum atomic E-state index is 12.4. The van der Waals surface area contributed by atoms with E-state index >= 15 is 0 Å². The molecule has 7 nitrogen and oxygen atoms in total. The molecule has 9 heteroatoms. The second-order valence-electron chi connectivity index (χ2n) is 5.46. The molecule has 0 saturated carbocycles. The minimum Gasteiger partial charge on any atom is -0.353 e. The lowest BCUT2D eigenvalue weighted by atomic mass is 10.2. The van der Waals surface area contributed by atoms with E-state index in [1.165, 1.54) is 0 Å². The molecule has 0 radical (unpaired) electrons.